The monoisotopic (exact) mass is 316 g/mol. The van der Waals surface area contributed by atoms with Crippen molar-refractivity contribution >= 4 is 11.0 Å². The van der Waals surface area contributed by atoms with E-state index in [0.717, 1.165) is 23.9 Å². The maximum Gasteiger partial charge on any atom is 0.116 e. The lowest BCUT2D eigenvalue weighted by molar-refractivity contribution is 0.564. The molecular weight excluding hydrogens is 284 g/mol. The first-order chi connectivity index (χ1) is 11.4. The molecule has 0 saturated carbocycles. The number of aromatic amines is 1. The Labute approximate surface area is 140 Å². The van der Waals surface area contributed by atoms with Crippen LogP contribution in [-0.4, -0.2) is 22.0 Å². The van der Waals surface area contributed by atoms with Gasteiger partial charge >= 0.3 is 0 Å². The summed E-state index contributed by atoms with van der Waals surface area (Å²) in [6, 6.07) is 4.28. The van der Waals surface area contributed by atoms with Crippen molar-refractivity contribution in [3.05, 3.63) is 23.3 Å². The van der Waals surface area contributed by atoms with Gasteiger partial charge in [-0.2, -0.15) is 15.4 Å². The van der Waals surface area contributed by atoms with E-state index in [9.17, 15) is 0 Å². The minimum Gasteiger partial charge on any atom is -0.330 e. The number of nitrogens with zero attached hydrogens (tertiary/aromatic N) is 2. The molecule has 0 amide bonds. The number of nitrogens with one attached hydrogen (secondary N) is 1. The van der Waals surface area contributed by atoms with Gasteiger partial charge in [0.2, 0.25) is 0 Å². The zero-order valence-corrected chi connectivity index (χ0v) is 14.6. The summed E-state index contributed by atoms with van der Waals surface area (Å²) in [6.07, 6.45) is 14.3. The molecule has 128 valence electrons. The van der Waals surface area contributed by atoms with Gasteiger partial charge in [-0.25, -0.2) is 0 Å². The Bertz CT molecular complexity index is 561. The number of unbranched alkanes of at least 4 members (excludes halogenated alkanes) is 8. The number of fused-ring (bicyclic) bond motifs is 1. The van der Waals surface area contributed by atoms with Crippen molar-refractivity contribution in [2.45, 2.75) is 77.6 Å². The molecule has 4 nitrogen and oxygen atoms in total. The molecule has 0 aliphatic heterocycles. The summed E-state index contributed by atoms with van der Waals surface area (Å²) in [6.45, 7) is 2.94. The van der Waals surface area contributed by atoms with Gasteiger partial charge in [0.25, 0.3) is 0 Å². The normalized spacial score (nSPS) is 11.4. The molecule has 4 heteroatoms. The Morgan fingerprint density at radius 3 is 2.26 bits per heavy atom. The van der Waals surface area contributed by atoms with Crippen LogP contribution in [0.1, 0.15) is 75.8 Å². The maximum absolute atomic E-state index is 5.78. The lowest BCUT2D eigenvalue weighted by atomic mass is 9.97. The summed E-state index contributed by atoms with van der Waals surface area (Å²) >= 11 is 0. The van der Waals surface area contributed by atoms with Gasteiger partial charge in [0.15, 0.2) is 0 Å². The van der Waals surface area contributed by atoms with E-state index in [0.29, 0.717) is 6.54 Å². The summed E-state index contributed by atoms with van der Waals surface area (Å²) in [5.74, 6) is 0. The van der Waals surface area contributed by atoms with Gasteiger partial charge in [-0.3, -0.25) is 0 Å². The molecule has 23 heavy (non-hydrogen) atoms. The first-order valence-electron chi connectivity index (χ1n) is 9.38. The predicted octanol–water partition coefficient (Wildman–Crippen LogP) is 4.53. The van der Waals surface area contributed by atoms with Gasteiger partial charge in [-0.1, -0.05) is 64.4 Å². The second-order valence-corrected chi connectivity index (χ2v) is 6.51. The number of nitrogens with two attached hydrogens (primary N) is 1. The lowest BCUT2D eigenvalue weighted by Crippen LogP contribution is -2.06. The number of hydrogen-bond donors (Lipinski definition) is 2. The summed E-state index contributed by atoms with van der Waals surface area (Å²) < 4.78 is 0. The Kier molecular flexibility index (Phi) is 8.08. The molecule has 0 bridgehead atoms. The number of rotatable bonds is 12. The van der Waals surface area contributed by atoms with Crippen LogP contribution in [0.3, 0.4) is 0 Å². The standard InChI is InChI=1S/C19H32N4/c1-2-3-4-5-6-7-8-9-10-11-16-12-13-18-19(22-23-21-18)17(16)14-15-20/h12-13H,2-11,14-15,20H2,1H3,(H,21,22,23). The molecule has 2 aromatic rings. The number of H-pyrrole nitrogens is 1. The quantitative estimate of drug-likeness (QED) is 0.565. The van der Waals surface area contributed by atoms with Crippen molar-refractivity contribution in [2.24, 2.45) is 5.73 Å². The van der Waals surface area contributed by atoms with Crippen LogP contribution in [0.15, 0.2) is 12.1 Å². The molecule has 1 aromatic carbocycles. The highest BCUT2D eigenvalue weighted by Gasteiger charge is 2.10. The molecule has 3 N–H and O–H groups in total. The fraction of sp³-hybridized carbons (Fsp3) is 0.684. The zero-order chi connectivity index (χ0) is 16.3. The summed E-state index contributed by atoms with van der Waals surface area (Å²) in [4.78, 5) is 0. The number of aromatic nitrogens is 3. The highest BCUT2D eigenvalue weighted by molar-refractivity contribution is 5.78. The Hall–Kier alpha value is -1.42. The Morgan fingerprint density at radius 1 is 0.870 bits per heavy atom. The Balaban J connectivity index is 1.73. The van der Waals surface area contributed by atoms with E-state index >= 15 is 0 Å². The van der Waals surface area contributed by atoms with E-state index in [1.165, 1.54) is 68.9 Å². The largest absolute Gasteiger partial charge is 0.330 e. The smallest absolute Gasteiger partial charge is 0.116 e. The number of hydrogen-bond acceptors (Lipinski definition) is 3. The van der Waals surface area contributed by atoms with Crippen molar-refractivity contribution in [1.82, 2.24) is 15.4 Å². The topological polar surface area (TPSA) is 67.6 Å². The predicted molar refractivity (Wildman–Crippen MR) is 97.6 cm³/mol. The van der Waals surface area contributed by atoms with Crippen molar-refractivity contribution < 1.29 is 0 Å². The average molecular weight is 316 g/mol. The molecule has 0 spiro atoms. The summed E-state index contributed by atoms with van der Waals surface area (Å²) in [5, 5.41) is 11.2. The first-order valence-corrected chi connectivity index (χ1v) is 9.38. The van der Waals surface area contributed by atoms with Crippen molar-refractivity contribution in [2.75, 3.05) is 6.54 Å². The first kappa shape index (κ1) is 17.9. The van der Waals surface area contributed by atoms with Gasteiger partial charge < -0.3 is 5.73 Å². The minimum absolute atomic E-state index is 0.663. The van der Waals surface area contributed by atoms with Crippen molar-refractivity contribution in [3.8, 4) is 0 Å². The average Bonchev–Trinajstić information content (AvgIpc) is 3.04. The molecule has 0 atom stereocenters. The second kappa shape index (κ2) is 10.4. The molecule has 0 saturated heterocycles. The lowest BCUT2D eigenvalue weighted by Gasteiger charge is -2.09. The van der Waals surface area contributed by atoms with Crippen LogP contribution in [0.2, 0.25) is 0 Å². The molecular formula is C19H32N4. The van der Waals surface area contributed by atoms with Crippen molar-refractivity contribution in [1.29, 1.82) is 0 Å². The second-order valence-electron chi connectivity index (χ2n) is 6.51. The SMILES string of the molecule is CCCCCCCCCCCc1ccc2n[nH]nc2c1CCN. The van der Waals surface area contributed by atoms with Crippen LogP contribution >= 0.6 is 0 Å². The molecule has 1 heterocycles. The van der Waals surface area contributed by atoms with E-state index in [-0.39, 0.29) is 0 Å². The van der Waals surface area contributed by atoms with Gasteiger partial charge in [0.05, 0.1) is 0 Å². The van der Waals surface area contributed by atoms with Crippen LogP contribution < -0.4 is 5.73 Å². The zero-order valence-electron chi connectivity index (χ0n) is 14.6. The van der Waals surface area contributed by atoms with Crippen LogP contribution in [-0.2, 0) is 12.8 Å². The van der Waals surface area contributed by atoms with Gasteiger partial charge in [0.1, 0.15) is 11.0 Å². The fourth-order valence-electron chi connectivity index (χ4n) is 3.29. The van der Waals surface area contributed by atoms with Gasteiger partial charge in [-0.05, 0) is 43.0 Å². The van der Waals surface area contributed by atoms with Crippen LogP contribution in [0, 0.1) is 0 Å². The third-order valence-electron chi connectivity index (χ3n) is 4.63. The number of aryl methyl sites for hydroxylation is 1. The molecule has 0 radical (unpaired) electrons. The molecule has 0 unspecified atom stereocenters. The minimum atomic E-state index is 0.663. The summed E-state index contributed by atoms with van der Waals surface area (Å²) in [7, 11) is 0. The highest BCUT2D eigenvalue weighted by Crippen LogP contribution is 2.21. The molecule has 2 rings (SSSR count). The summed E-state index contributed by atoms with van der Waals surface area (Å²) in [5.41, 5.74) is 10.4. The van der Waals surface area contributed by atoms with E-state index < -0.39 is 0 Å². The van der Waals surface area contributed by atoms with Crippen molar-refractivity contribution in [3.63, 3.8) is 0 Å². The van der Waals surface area contributed by atoms with E-state index in [4.69, 9.17) is 5.73 Å². The van der Waals surface area contributed by atoms with E-state index in [1.54, 1.807) is 0 Å². The molecule has 0 aliphatic rings. The number of benzene rings is 1. The van der Waals surface area contributed by atoms with E-state index in [2.05, 4.69) is 34.5 Å². The molecule has 1 aromatic heterocycles. The van der Waals surface area contributed by atoms with Crippen LogP contribution in [0.4, 0.5) is 0 Å². The molecule has 0 fully saturated rings. The van der Waals surface area contributed by atoms with Crippen LogP contribution in [0.25, 0.3) is 11.0 Å². The Morgan fingerprint density at radius 2 is 1.57 bits per heavy atom. The third-order valence-corrected chi connectivity index (χ3v) is 4.63. The van der Waals surface area contributed by atoms with Gasteiger partial charge in [0, 0.05) is 0 Å². The maximum atomic E-state index is 5.78. The molecule has 0 aliphatic carbocycles. The fourth-order valence-corrected chi connectivity index (χ4v) is 3.29. The third kappa shape index (κ3) is 5.61. The van der Waals surface area contributed by atoms with Crippen LogP contribution in [0.5, 0.6) is 0 Å². The van der Waals surface area contributed by atoms with E-state index in [1.807, 2.05) is 0 Å². The highest BCUT2D eigenvalue weighted by atomic mass is 15.3. The van der Waals surface area contributed by atoms with Gasteiger partial charge in [-0.15, -0.1) is 0 Å².